The number of aromatic nitrogens is 3. The number of hydrogen-bond acceptors (Lipinski definition) is 4. The number of nitrogens with zero attached hydrogens (tertiary/aromatic N) is 4. The summed E-state index contributed by atoms with van der Waals surface area (Å²) in [4.78, 5) is 24.4. The van der Waals surface area contributed by atoms with Crippen molar-refractivity contribution in [3.05, 3.63) is 12.4 Å². The quantitative estimate of drug-likeness (QED) is 0.782. The second-order valence-electron chi connectivity index (χ2n) is 4.86. The van der Waals surface area contributed by atoms with Crippen LogP contribution in [0.3, 0.4) is 0 Å². The lowest BCUT2D eigenvalue weighted by Crippen LogP contribution is -2.48. The highest BCUT2D eigenvalue weighted by molar-refractivity contribution is 5.80. The van der Waals surface area contributed by atoms with Crippen LogP contribution in [0.15, 0.2) is 12.4 Å². The van der Waals surface area contributed by atoms with E-state index in [0.717, 1.165) is 25.7 Å². The summed E-state index contributed by atoms with van der Waals surface area (Å²) in [7, 11) is 0. The maximum atomic E-state index is 12.1. The van der Waals surface area contributed by atoms with Crippen LogP contribution in [-0.4, -0.2) is 56.1 Å². The largest absolute Gasteiger partial charge is 0.480 e. The van der Waals surface area contributed by atoms with Gasteiger partial charge in [-0.3, -0.25) is 9.48 Å². The van der Waals surface area contributed by atoms with Gasteiger partial charge in [-0.15, -0.1) is 5.10 Å². The van der Waals surface area contributed by atoms with Gasteiger partial charge >= 0.3 is 12.0 Å². The third-order valence-corrected chi connectivity index (χ3v) is 3.42. The van der Waals surface area contributed by atoms with Crippen molar-refractivity contribution in [3.63, 3.8) is 0 Å². The molecule has 20 heavy (non-hydrogen) atoms. The number of nitrogens with one attached hydrogen (secondary N) is 1. The summed E-state index contributed by atoms with van der Waals surface area (Å²) in [6.07, 6.45) is 7.13. The molecule has 1 saturated carbocycles. The number of carbonyl (C=O) groups is 2. The first-order valence-corrected chi connectivity index (χ1v) is 6.77. The Morgan fingerprint density at radius 1 is 1.40 bits per heavy atom. The van der Waals surface area contributed by atoms with Gasteiger partial charge in [0.2, 0.25) is 0 Å². The third-order valence-electron chi connectivity index (χ3n) is 3.42. The van der Waals surface area contributed by atoms with E-state index in [0.29, 0.717) is 13.1 Å². The number of aliphatic carboxylic acids is 1. The maximum absolute atomic E-state index is 12.1. The molecular formula is C12H19N5O3. The second-order valence-corrected chi connectivity index (χ2v) is 4.86. The van der Waals surface area contributed by atoms with Gasteiger partial charge in [-0.2, -0.15) is 0 Å². The molecule has 2 rings (SSSR count). The number of hydrogen-bond donors (Lipinski definition) is 2. The van der Waals surface area contributed by atoms with Gasteiger partial charge in [0.15, 0.2) is 0 Å². The minimum Gasteiger partial charge on any atom is -0.480 e. The van der Waals surface area contributed by atoms with Crippen LogP contribution < -0.4 is 5.32 Å². The van der Waals surface area contributed by atoms with Crippen molar-refractivity contribution >= 4 is 12.0 Å². The first kappa shape index (κ1) is 14.3. The van der Waals surface area contributed by atoms with Crippen molar-refractivity contribution in [1.29, 1.82) is 0 Å². The van der Waals surface area contributed by atoms with Crippen LogP contribution in [0.25, 0.3) is 0 Å². The van der Waals surface area contributed by atoms with Gasteiger partial charge < -0.3 is 15.3 Å². The summed E-state index contributed by atoms with van der Waals surface area (Å²) in [6, 6.07) is -0.281. The number of carboxylic acids is 1. The number of urea groups is 1. The van der Waals surface area contributed by atoms with Crippen molar-refractivity contribution < 1.29 is 14.7 Å². The molecule has 1 aliphatic carbocycles. The molecule has 2 N–H and O–H groups in total. The molecule has 1 heterocycles. The molecule has 1 fully saturated rings. The molecule has 110 valence electrons. The number of rotatable bonds is 6. The Labute approximate surface area is 116 Å². The molecule has 0 bridgehead atoms. The molecule has 0 radical (unpaired) electrons. The predicted molar refractivity (Wildman–Crippen MR) is 70.0 cm³/mol. The zero-order valence-corrected chi connectivity index (χ0v) is 11.2. The van der Waals surface area contributed by atoms with Gasteiger partial charge in [0.25, 0.3) is 0 Å². The first-order valence-electron chi connectivity index (χ1n) is 6.77. The zero-order chi connectivity index (χ0) is 14.4. The lowest BCUT2D eigenvalue weighted by Gasteiger charge is -2.27. The lowest BCUT2D eigenvalue weighted by atomic mass is 10.2. The van der Waals surface area contributed by atoms with Crippen LogP contribution >= 0.6 is 0 Å². The molecule has 1 aromatic rings. The summed E-state index contributed by atoms with van der Waals surface area (Å²) in [5, 5.41) is 19.1. The lowest BCUT2D eigenvalue weighted by molar-refractivity contribution is -0.138. The van der Waals surface area contributed by atoms with Crippen molar-refractivity contribution in [2.24, 2.45) is 0 Å². The highest BCUT2D eigenvalue weighted by Gasteiger charge is 2.28. The Bertz CT molecular complexity index is 442. The van der Waals surface area contributed by atoms with E-state index in [9.17, 15) is 9.59 Å². The normalized spacial score (nSPS) is 15.2. The number of carboxylic acid groups (broad SMARTS) is 1. The fourth-order valence-electron chi connectivity index (χ4n) is 2.46. The molecular weight excluding hydrogens is 262 g/mol. The van der Waals surface area contributed by atoms with Gasteiger partial charge in [0.1, 0.15) is 6.54 Å². The minimum absolute atomic E-state index is 0.0393. The average Bonchev–Trinajstić information content (AvgIpc) is 3.08. The van der Waals surface area contributed by atoms with Crippen LogP contribution in [0.4, 0.5) is 4.79 Å². The van der Waals surface area contributed by atoms with Gasteiger partial charge in [-0.1, -0.05) is 18.1 Å². The summed E-state index contributed by atoms with van der Waals surface area (Å²) >= 11 is 0. The Balaban J connectivity index is 1.83. The molecule has 0 aromatic carbocycles. The fraction of sp³-hybridized carbons (Fsp3) is 0.667. The number of carbonyl (C=O) groups excluding carboxylic acids is 1. The Morgan fingerprint density at radius 3 is 2.75 bits per heavy atom. The van der Waals surface area contributed by atoms with Crippen LogP contribution in [0.5, 0.6) is 0 Å². The standard InChI is InChI=1S/C12H19N5O3/c18-11(19)9-17(10-3-1-2-4-10)12(20)13-5-7-16-8-6-14-15-16/h6,8,10H,1-5,7,9H2,(H,13,20)(H,18,19). The molecule has 0 aliphatic heterocycles. The topological polar surface area (TPSA) is 100 Å². The van der Waals surface area contributed by atoms with E-state index in [1.165, 1.54) is 4.90 Å². The van der Waals surface area contributed by atoms with Crippen molar-refractivity contribution in [2.75, 3.05) is 13.1 Å². The van der Waals surface area contributed by atoms with Gasteiger partial charge in [-0.05, 0) is 12.8 Å². The highest BCUT2D eigenvalue weighted by atomic mass is 16.4. The Hall–Kier alpha value is -2.12. The predicted octanol–water partition coefficient (Wildman–Crippen LogP) is 0.317. The van der Waals surface area contributed by atoms with Crippen molar-refractivity contribution in [1.82, 2.24) is 25.2 Å². The van der Waals surface area contributed by atoms with E-state index < -0.39 is 5.97 Å². The van der Waals surface area contributed by atoms with E-state index in [-0.39, 0.29) is 18.6 Å². The zero-order valence-electron chi connectivity index (χ0n) is 11.2. The Morgan fingerprint density at radius 2 is 2.15 bits per heavy atom. The van der Waals surface area contributed by atoms with Crippen LogP contribution in [-0.2, 0) is 11.3 Å². The minimum atomic E-state index is -0.983. The van der Waals surface area contributed by atoms with Gasteiger partial charge in [0.05, 0.1) is 12.7 Å². The van der Waals surface area contributed by atoms with E-state index in [1.807, 2.05) is 0 Å². The van der Waals surface area contributed by atoms with Crippen LogP contribution in [0, 0.1) is 0 Å². The maximum Gasteiger partial charge on any atom is 0.323 e. The molecule has 8 nitrogen and oxygen atoms in total. The molecule has 0 saturated heterocycles. The third kappa shape index (κ3) is 3.94. The fourth-order valence-corrected chi connectivity index (χ4v) is 2.46. The van der Waals surface area contributed by atoms with E-state index in [2.05, 4.69) is 15.6 Å². The summed E-state index contributed by atoms with van der Waals surface area (Å²) in [6.45, 7) is 0.655. The average molecular weight is 281 g/mol. The first-order chi connectivity index (χ1) is 9.66. The summed E-state index contributed by atoms with van der Waals surface area (Å²) in [5.74, 6) is -0.983. The molecule has 2 amide bonds. The molecule has 0 unspecified atom stereocenters. The number of amides is 2. The smallest absolute Gasteiger partial charge is 0.323 e. The SMILES string of the molecule is O=C(O)CN(C(=O)NCCn1ccnn1)C1CCCC1. The summed E-state index contributed by atoms with van der Waals surface area (Å²) < 4.78 is 1.61. The van der Waals surface area contributed by atoms with Crippen molar-refractivity contribution in [3.8, 4) is 0 Å². The molecule has 0 spiro atoms. The molecule has 1 aromatic heterocycles. The molecule has 8 heteroatoms. The van der Waals surface area contributed by atoms with Crippen LogP contribution in [0.1, 0.15) is 25.7 Å². The second kappa shape index (κ2) is 6.88. The van der Waals surface area contributed by atoms with Gasteiger partial charge in [-0.25, -0.2) is 4.79 Å². The molecule has 1 aliphatic rings. The van der Waals surface area contributed by atoms with E-state index >= 15 is 0 Å². The van der Waals surface area contributed by atoms with E-state index in [4.69, 9.17) is 5.11 Å². The molecule has 0 atom stereocenters. The van der Waals surface area contributed by atoms with Gasteiger partial charge in [0, 0.05) is 18.8 Å². The highest BCUT2D eigenvalue weighted by Crippen LogP contribution is 2.23. The monoisotopic (exact) mass is 281 g/mol. The van der Waals surface area contributed by atoms with E-state index in [1.54, 1.807) is 17.1 Å². The Kier molecular flexibility index (Phi) is 4.91. The summed E-state index contributed by atoms with van der Waals surface area (Å²) in [5.41, 5.74) is 0. The van der Waals surface area contributed by atoms with Crippen LogP contribution in [0.2, 0.25) is 0 Å². The van der Waals surface area contributed by atoms with Crippen molar-refractivity contribution in [2.45, 2.75) is 38.3 Å².